The second-order valence-corrected chi connectivity index (χ2v) is 9.48. The largest absolute Gasteiger partial charge is 0.357 e. The second kappa shape index (κ2) is 11.8. The molecule has 0 amide bonds. The highest BCUT2D eigenvalue weighted by Gasteiger charge is 2.21. The fourth-order valence-electron chi connectivity index (χ4n) is 4.67. The standard InChI is InChI=1S/C29H32FN3O2/c1-21(34)16-22-12-14-33(15-13-22)29-11-8-23(19-32-29)17-28(35)7-3-6-27-10-9-25(20-31-27)24-4-2-5-26(30)18-24/h2,4-5,8-11,18-20,22H,3,6-7,12-17H2,1H3. The summed E-state index contributed by atoms with van der Waals surface area (Å²) in [5, 5.41) is 0. The molecule has 0 unspecified atom stereocenters. The number of hydrogen-bond donors (Lipinski definition) is 0. The molecule has 6 heteroatoms. The zero-order valence-corrected chi connectivity index (χ0v) is 20.3. The Labute approximate surface area is 206 Å². The van der Waals surface area contributed by atoms with E-state index in [1.54, 1.807) is 19.2 Å². The van der Waals surface area contributed by atoms with Crippen LogP contribution in [0.3, 0.4) is 0 Å². The zero-order valence-electron chi connectivity index (χ0n) is 20.3. The topological polar surface area (TPSA) is 63.2 Å². The molecule has 182 valence electrons. The van der Waals surface area contributed by atoms with Crippen LogP contribution in [0.5, 0.6) is 0 Å². The van der Waals surface area contributed by atoms with Gasteiger partial charge < -0.3 is 9.69 Å². The van der Waals surface area contributed by atoms with Crippen LogP contribution in [0.15, 0.2) is 60.9 Å². The van der Waals surface area contributed by atoms with Crippen LogP contribution in [0.2, 0.25) is 0 Å². The van der Waals surface area contributed by atoms with Gasteiger partial charge in [-0.05, 0) is 73.9 Å². The van der Waals surface area contributed by atoms with Crippen molar-refractivity contribution in [2.75, 3.05) is 18.0 Å². The van der Waals surface area contributed by atoms with Crippen molar-refractivity contribution in [3.63, 3.8) is 0 Å². The average molecular weight is 474 g/mol. The van der Waals surface area contributed by atoms with Gasteiger partial charge in [0.2, 0.25) is 0 Å². The number of carbonyl (C=O) groups is 2. The highest BCUT2D eigenvalue weighted by atomic mass is 19.1. The quantitative estimate of drug-likeness (QED) is 0.383. The van der Waals surface area contributed by atoms with Gasteiger partial charge in [0.25, 0.3) is 0 Å². The number of carbonyl (C=O) groups excluding carboxylic acids is 2. The molecule has 5 nitrogen and oxygen atoms in total. The molecule has 2 aromatic heterocycles. The Hall–Kier alpha value is -3.41. The number of Topliss-reactive ketones (excluding diaryl/α,β-unsaturated/α-hetero) is 2. The van der Waals surface area contributed by atoms with Crippen molar-refractivity contribution in [1.29, 1.82) is 0 Å². The van der Waals surface area contributed by atoms with Crippen molar-refractivity contribution in [3.05, 3.63) is 78.0 Å². The lowest BCUT2D eigenvalue weighted by Crippen LogP contribution is -2.34. The van der Waals surface area contributed by atoms with E-state index in [4.69, 9.17) is 0 Å². The fourth-order valence-corrected chi connectivity index (χ4v) is 4.67. The van der Waals surface area contributed by atoms with E-state index in [0.29, 0.717) is 25.2 Å². The molecule has 3 heterocycles. The molecule has 35 heavy (non-hydrogen) atoms. The first-order valence-electron chi connectivity index (χ1n) is 12.4. The lowest BCUT2D eigenvalue weighted by molar-refractivity contribution is -0.119. The molecule has 3 aromatic rings. The molecule has 0 spiro atoms. The van der Waals surface area contributed by atoms with Crippen molar-refractivity contribution in [1.82, 2.24) is 9.97 Å². The average Bonchev–Trinajstić information content (AvgIpc) is 2.85. The van der Waals surface area contributed by atoms with Gasteiger partial charge in [0.05, 0.1) is 0 Å². The molecule has 4 rings (SSSR count). The van der Waals surface area contributed by atoms with Crippen molar-refractivity contribution in [2.45, 2.75) is 51.9 Å². The van der Waals surface area contributed by atoms with E-state index in [0.717, 1.165) is 67.0 Å². The Kier molecular flexibility index (Phi) is 8.35. The Morgan fingerprint density at radius 3 is 2.49 bits per heavy atom. The third-order valence-electron chi connectivity index (χ3n) is 6.60. The number of nitrogens with zero attached hydrogens (tertiary/aromatic N) is 3. The highest BCUT2D eigenvalue weighted by molar-refractivity contribution is 5.80. The predicted octanol–water partition coefficient (Wildman–Crippen LogP) is 5.61. The summed E-state index contributed by atoms with van der Waals surface area (Å²) in [4.78, 5) is 35.1. The molecule has 0 N–H and O–H groups in total. The molecular formula is C29H32FN3O2. The number of aryl methyl sites for hydroxylation is 1. The van der Waals surface area contributed by atoms with Crippen molar-refractivity contribution >= 4 is 17.4 Å². The van der Waals surface area contributed by atoms with Crippen molar-refractivity contribution in [2.24, 2.45) is 5.92 Å². The Bertz CT molecular complexity index is 1140. The van der Waals surface area contributed by atoms with Crippen LogP contribution < -0.4 is 4.90 Å². The van der Waals surface area contributed by atoms with Crippen molar-refractivity contribution in [3.8, 4) is 11.1 Å². The Morgan fingerprint density at radius 1 is 1.00 bits per heavy atom. The van der Waals surface area contributed by atoms with E-state index in [2.05, 4.69) is 14.9 Å². The first-order valence-corrected chi connectivity index (χ1v) is 12.4. The summed E-state index contributed by atoms with van der Waals surface area (Å²) < 4.78 is 13.4. The van der Waals surface area contributed by atoms with E-state index in [9.17, 15) is 14.0 Å². The predicted molar refractivity (Wildman–Crippen MR) is 136 cm³/mol. The number of anilines is 1. The molecule has 1 saturated heterocycles. The Balaban J connectivity index is 1.20. The lowest BCUT2D eigenvalue weighted by atomic mass is 9.92. The molecule has 0 bridgehead atoms. The van der Waals surface area contributed by atoms with Gasteiger partial charge in [-0.25, -0.2) is 9.37 Å². The second-order valence-electron chi connectivity index (χ2n) is 9.48. The molecule has 0 atom stereocenters. The molecular weight excluding hydrogens is 441 g/mol. The molecule has 0 saturated carbocycles. The highest BCUT2D eigenvalue weighted by Crippen LogP contribution is 2.24. The third-order valence-corrected chi connectivity index (χ3v) is 6.60. The van der Waals surface area contributed by atoms with Gasteiger partial charge >= 0.3 is 0 Å². The van der Waals surface area contributed by atoms with Crippen LogP contribution in [0.4, 0.5) is 10.2 Å². The molecule has 1 fully saturated rings. The molecule has 1 aliphatic rings. The van der Waals surface area contributed by atoms with Gasteiger partial charge in [-0.2, -0.15) is 0 Å². The van der Waals surface area contributed by atoms with Gasteiger partial charge in [0.15, 0.2) is 0 Å². The summed E-state index contributed by atoms with van der Waals surface area (Å²) in [6.07, 6.45) is 8.63. The number of halogens is 1. The molecule has 0 aliphatic carbocycles. The number of pyridine rings is 2. The molecule has 1 aliphatic heterocycles. The summed E-state index contributed by atoms with van der Waals surface area (Å²) in [5.74, 6) is 1.63. The SMILES string of the molecule is CC(=O)CC1CCN(c2ccc(CC(=O)CCCc3ccc(-c4cccc(F)c4)cn3)cn2)CC1. The number of ketones is 2. The summed E-state index contributed by atoms with van der Waals surface area (Å²) in [7, 11) is 0. The number of rotatable bonds is 10. The first kappa shape index (κ1) is 24.7. The Morgan fingerprint density at radius 2 is 1.83 bits per heavy atom. The van der Waals surface area contributed by atoms with Gasteiger partial charge in [-0.3, -0.25) is 9.78 Å². The summed E-state index contributed by atoms with van der Waals surface area (Å²) in [6.45, 7) is 3.50. The monoisotopic (exact) mass is 473 g/mol. The maximum atomic E-state index is 13.4. The van der Waals surface area contributed by atoms with Crippen LogP contribution in [-0.4, -0.2) is 34.6 Å². The van der Waals surface area contributed by atoms with E-state index in [1.807, 2.05) is 36.5 Å². The fraction of sp³-hybridized carbons (Fsp3) is 0.379. The van der Waals surface area contributed by atoms with Gasteiger partial charge in [0, 0.05) is 56.0 Å². The maximum absolute atomic E-state index is 13.4. The van der Waals surface area contributed by atoms with Gasteiger partial charge in [-0.1, -0.05) is 24.3 Å². The minimum atomic E-state index is -0.263. The van der Waals surface area contributed by atoms with Gasteiger partial charge in [-0.15, -0.1) is 0 Å². The minimum Gasteiger partial charge on any atom is -0.357 e. The van der Waals surface area contributed by atoms with E-state index < -0.39 is 0 Å². The molecule has 1 aromatic carbocycles. The van der Waals surface area contributed by atoms with Crippen LogP contribution in [0.1, 0.15) is 50.3 Å². The van der Waals surface area contributed by atoms with Crippen LogP contribution in [-0.2, 0) is 22.4 Å². The van der Waals surface area contributed by atoms with E-state index >= 15 is 0 Å². The number of hydrogen-bond acceptors (Lipinski definition) is 5. The van der Waals surface area contributed by atoms with E-state index in [-0.39, 0.29) is 17.4 Å². The van der Waals surface area contributed by atoms with E-state index in [1.165, 1.54) is 12.1 Å². The third kappa shape index (κ3) is 7.28. The van der Waals surface area contributed by atoms with Crippen molar-refractivity contribution < 1.29 is 14.0 Å². The van der Waals surface area contributed by atoms with Gasteiger partial charge in [0.1, 0.15) is 23.2 Å². The van der Waals surface area contributed by atoms with Crippen LogP contribution in [0.25, 0.3) is 11.1 Å². The minimum absolute atomic E-state index is 0.195. The lowest BCUT2D eigenvalue weighted by Gasteiger charge is -2.32. The number of aromatic nitrogens is 2. The number of benzene rings is 1. The summed E-state index contributed by atoms with van der Waals surface area (Å²) in [6, 6.07) is 14.3. The summed E-state index contributed by atoms with van der Waals surface area (Å²) in [5.41, 5.74) is 3.54. The summed E-state index contributed by atoms with van der Waals surface area (Å²) >= 11 is 0. The first-order chi connectivity index (χ1) is 17.0. The molecule has 0 radical (unpaired) electrons. The number of piperidine rings is 1. The maximum Gasteiger partial charge on any atom is 0.137 e. The zero-order chi connectivity index (χ0) is 24.6. The van der Waals surface area contributed by atoms with Crippen LogP contribution in [0, 0.1) is 11.7 Å². The normalized spacial score (nSPS) is 14.2. The van der Waals surface area contributed by atoms with Crippen LogP contribution >= 0.6 is 0 Å². The smallest absolute Gasteiger partial charge is 0.137 e.